The van der Waals surface area contributed by atoms with E-state index in [2.05, 4.69) is 20.6 Å². The maximum absolute atomic E-state index is 12.5. The van der Waals surface area contributed by atoms with Gasteiger partial charge in [0.2, 0.25) is 0 Å². The minimum absolute atomic E-state index is 0.246. The standard InChI is InChI=1S/C20H19ClN4O2/c1-3-27-18-7-5-4-6-16(18)24-19-11-17(22-12-23-19)20(26)25-15-9-8-14(21)10-13(15)2/h4-12H,3H2,1-2H3,(H,25,26)(H,22,23,24). The Balaban J connectivity index is 1.78. The summed E-state index contributed by atoms with van der Waals surface area (Å²) in [5.74, 6) is 0.875. The van der Waals surface area contributed by atoms with E-state index in [1.165, 1.54) is 6.33 Å². The van der Waals surface area contributed by atoms with Crippen molar-refractivity contribution >= 4 is 34.7 Å². The lowest BCUT2D eigenvalue weighted by Gasteiger charge is -2.12. The number of aromatic nitrogens is 2. The van der Waals surface area contributed by atoms with Crippen molar-refractivity contribution < 1.29 is 9.53 Å². The third-order valence-corrected chi connectivity index (χ3v) is 4.02. The van der Waals surface area contributed by atoms with Crippen LogP contribution in [0.3, 0.4) is 0 Å². The molecular formula is C20H19ClN4O2. The Hall–Kier alpha value is -3.12. The Kier molecular flexibility index (Phi) is 5.88. The fraction of sp³-hybridized carbons (Fsp3) is 0.150. The molecule has 0 atom stereocenters. The summed E-state index contributed by atoms with van der Waals surface area (Å²) in [7, 11) is 0. The summed E-state index contributed by atoms with van der Waals surface area (Å²) in [5, 5.41) is 6.62. The van der Waals surface area contributed by atoms with Crippen molar-refractivity contribution in [2.75, 3.05) is 17.2 Å². The van der Waals surface area contributed by atoms with E-state index in [9.17, 15) is 4.79 Å². The van der Waals surface area contributed by atoms with Gasteiger partial charge in [0.05, 0.1) is 12.3 Å². The van der Waals surface area contributed by atoms with Gasteiger partial charge in [-0.25, -0.2) is 9.97 Å². The smallest absolute Gasteiger partial charge is 0.274 e. The SMILES string of the molecule is CCOc1ccccc1Nc1cc(C(=O)Nc2ccc(Cl)cc2C)ncn1. The van der Waals surface area contributed by atoms with Crippen molar-refractivity contribution in [1.29, 1.82) is 0 Å². The summed E-state index contributed by atoms with van der Waals surface area (Å²) in [6.07, 6.45) is 1.34. The number of nitrogens with one attached hydrogen (secondary N) is 2. The number of benzene rings is 2. The van der Waals surface area contributed by atoms with Gasteiger partial charge in [0, 0.05) is 16.8 Å². The van der Waals surface area contributed by atoms with Crippen molar-refractivity contribution in [3.05, 3.63) is 71.1 Å². The van der Waals surface area contributed by atoms with E-state index in [4.69, 9.17) is 16.3 Å². The number of hydrogen-bond donors (Lipinski definition) is 2. The number of anilines is 3. The number of aryl methyl sites for hydroxylation is 1. The first kappa shape index (κ1) is 18.7. The molecule has 0 spiro atoms. The topological polar surface area (TPSA) is 76.1 Å². The zero-order chi connectivity index (χ0) is 19.2. The zero-order valence-corrected chi connectivity index (χ0v) is 15.7. The molecular weight excluding hydrogens is 364 g/mol. The fourth-order valence-corrected chi connectivity index (χ4v) is 2.72. The average Bonchev–Trinajstić information content (AvgIpc) is 2.66. The van der Waals surface area contributed by atoms with Gasteiger partial charge < -0.3 is 15.4 Å². The van der Waals surface area contributed by atoms with Crippen LogP contribution in [0.25, 0.3) is 0 Å². The zero-order valence-electron chi connectivity index (χ0n) is 15.0. The van der Waals surface area contributed by atoms with E-state index in [-0.39, 0.29) is 11.6 Å². The largest absolute Gasteiger partial charge is 0.492 e. The number of hydrogen-bond acceptors (Lipinski definition) is 5. The minimum atomic E-state index is -0.330. The number of carbonyl (C=O) groups excluding carboxylic acids is 1. The normalized spacial score (nSPS) is 10.3. The molecule has 0 aliphatic heterocycles. The van der Waals surface area contributed by atoms with Gasteiger partial charge in [-0.15, -0.1) is 0 Å². The predicted octanol–water partition coefficient (Wildman–Crippen LogP) is 4.83. The van der Waals surface area contributed by atoms with E-state index in [1.54, 1.807) is 24.3 Å². The highest BCUT2D eigenvalue weighted by molar-refractivity contribution is 6.30. The molecule has 2 N–H and O–H groups in total. The van der Waals surface area contributed by atoms with E-state index in [1.807, 2.05) is 38.1 Å². The van der Waals surface area contributed by atoms with Crippen LogP contribution in [0.2, 0.25) is 5.02 Å². The molecule has 0 bridgehead atoms. The Bertz CT molecular complexity index is 962. The molecule has 3 rings (SSSR count). The van der Waals surface area contributed by atoms with Crippen LogP contribution in [0.15, 0.2) is 54.9 Å². The van der Waals surface area contributed by atoms with Crippen LogP contribution in [0.5, 0.6) is 5.75 Å². The van der Waals surface area contributed by atoms with Gasteiger partial charge in [-0.05, 0) is 49.7 Å². The number of ether oxygens (including phenoxy) is 1. The van der Waals surface area contributed by atoms with Crippen molar-refractivity contribution in [2.45, 2.75) is 13.8 Å². The summed E-state index contributed by atoms with van der Waals surface area (Å²) in [6, 6.07) is 14.4. The predicted molar refractivity (Wildman–Crippen MR) is 107 cm³/mol. The molecule has 0 saturated carbocycles. The molecule has 1 heterocycles. The number of nitrogens with zero attached hydrogens (tertiary/aromatic N) is 2. The van der Waals surface area contributed by atoms with Gasteiger partial charge in [-0.1, -0.05) is 23.7 Å². The van der Waals surface area contributed by atoms with Gasteiger partial charge in [-0.3, -0.25) is 4.79 Å². The second kappa shape index (κ2) is 8.51. The highest BCUT2D eigenvalue weighted by atomic mass is 35.5. The molecule has 0 unspecified atom stereocenters. The summed E-state index contributed by atoms with van der Waals surface area (Å²) in [4.78, 5) is 20.8. The molecule has 3 aromatic rings. The molecule has 0 aliphatic carbocycles. The maximum atomic E-state index is 12.5. The molecule has 0 saturated heterocycles. The monoisotopic (exact) mass is 382 g/mol. The van der Waals surface area contributed by atoms with Crippen LogP contribution in [0.1, 0.15) is 23.0 Å². The Labute approximate surface area is 162 Å². The first-order valence-electron chi connectivity index (χ1n) is 8.45. The minimum Gasteiger partial charge on any atom is -0.492 e. The lowest BCUT2D eigenvalue weighted by Crippen LogP contribution is -2.15. The molecule has 0 aliphatic rings. The lowest BCUT2D eigenvalue weighted by molar-refractivity contribution is 0.102. The lowest BCUT2D eigenvalue weighted by atomic mass is 10.2. The van der Waals surface area contributed by atoms with E-state index >= 15 is 0 Å². The van der Waals surface area contributed by atoms with Crippen LogP contribution in [0.4, 0.5) is 17.2 Å². The maximum Gasteiger partial charge on any atom is 0.274 e. The van der Waals surface area contributed by atoms with Gasteiger partial charge in [0.1, 0.15) is 23.6 Å². The van der Waals surface area contributed by atoms with Crippen molar-refractivity contribution in [2.24, 2.45) is 0 Å². The Morgan fingerprint density at radius 2 is 1.93 bits per heavy atom. The second-order valence-corrected chi connectivity index (χ2v) is 6.19. The van der Waals surface area contributed by atoms with Gasteiger partial charge >= 0.3 is 0 Å². The van der Waals surface area contributed by atoms with Crippen molar-refractivity contribution in [3.8, 4) is 5.75 Å². The molecule has 1 aromatic heterocycles. The van der Waals surface area contributed by atoms with E-state index < -0.39 is 0 Å². The molecule has 27 heavy (non-hydrogen) atoms. The number of para-hydroxylation sites is 2. The van der Waals surface area contributed by atoms with Gasteiger partial charge in [-0.2, -0.15) is 0 Å². The molecule has 0 radical (unpaired) electrons. The van der Waals surface area contributed by atoms with Gasteiger partial charge in [0.15, 0.2) is 0 Å². The Morgan fingerprint density at radius 1 is 1.11 bits per heavy atom. The first-order chi connectivity index (χ1) is 13.1. The molecule has 6 nitrogen and oxygen atoms in total. The summed E-state index contributed by atoms with van der Waals surface area (Å²) < 4.78 is 5.59. The third-order valence-electron chi connectivity index (χ3n) is 3.79. The summed E-state index contributed by atoms with van der Waals surface area (Å²) >= 11 is 5.95. The number of rotatable bonds is 6. The second-order valence-electron chi connectivity index (χ2n) is 5.76. The third kappa shape index (κ3) is 4.74. The van der Waals surface area contributed by atoms with Crippen LogP contribution >= 0.6 is 11.6 Å². The molecule has 2 aromatic carbocycles. The summed E-state index contributed by atoms with van der Waals surface area (Å²) in [6.45, 7) is 4.35. The molecule has 1 amide bonds. The van der Waals surface area contributed by atoms with Crippen molar-refractivity contribution in [3.63, 3.8) is 0 Å². The van der Waals surface area contributed by atoms with E-state index in [0.717, 1.165) is 11.3 Å². The Morgan fingerprint density at radius 3 is 2.70 bits per heavy atom. The number of carbonyl (C=O) groups is 1. The quantitative estimate of drug-likeness (QED) is 0.638. The highest BCUT2D eigenvalue weighted by Crippen LogP contribution is 2.27. The van der Waals surface area contributed by atoms with Crippen LogP contribution < -0.4 is 15.4 Å². The molecule has 7 heteroatoms. The van der Waals surface area contributed by atoms with E-state index in [0.29, 0.717) is 28.9 Å². The number of amides is 1. The highest BCUT2D eigenvalue weighted by Gasteiger charge is 2.12. The van der Waals surface area contributed by atoms with Crippen LogP contribution in [-0.4, -0.2) is 22.5 Å². The fourth-order valence-electron chi connectivity index (χ4n) is 2.49. The van der Waals surface area contributed by atoms with Crippen LogP contribution in [-0.2, 0) is 0 Å². The molecule has 0 fully saturated rings. The average molecular weight is 383 g/mol. The number of halogens is 1. The molecule has 138 valence electrons. The van der Waals surface area contributed by atoms with Crippen molar-refractivity contribution in [1.82, 2.24) is 9.97 Å². The first-order valence-corrected chi connectivity index (χ1v) is 8.83. The van der Waals surface area contributed by atoms with Crippen LogP contribution in [0, 0.1) is 6.92 Å². The van der Waals surface area contributed by atoms with Gasteiger partial charge in [0.25, 0.3) is 5.91 Å². The summed E-state index contributed by atoms with van der Waals surface area (Å²) in [5.41, 5.74) is 2.56.